The summed E-state index contributed by atoms with van der Waals surface area (Å²) in [4.78, 5) is 37.0. The molecule has 1 atom stereocenters. The number of ether oxygens (including phenoxy) is 3. The van der Waals surface area contributed by atoms with Crippen LogP contribution in [0.4, 0.5) is 0 Å². The number of nitrogens with one attached hydrogen (secondary N) is 1. The van der Waals surface area contributed by atoms with Crippen LogP contribution in [0.2, 0.25) is 5.02 Å². The quantitative estimate of drug-likeness (QED) is 0.188. The Morgan fingerprint density at radius 2 is 1.82 bits per heavy atom. The van der Waals surface area contributed by atoms with Crippen molar-refractivity contribution in [3.63, 3.8) is 0 Å². The maximum atomic E-state index is 14.5. The summed E-state index contributed by atoms with van der Waals surface area (Å²) in [5.41, 5.74) is 4.66. The number of carbonyl (C=O) groups excluding carboxylic acids is 1. The monoisotopic (exact) mass is 641 g/mol. The summed E-state index contributed by atoms with van der Waals surface area (Å²) in [7, 11) is 3.18. The van der Waals surface area contributed by atoms with Crippen LogP contribution in [-0.4, -0.2) is 36.3 Å². The fourth-order valence-electron chi connectivity index (χ4n) is 5.83. The van der Waals surface area contributed by atoms with Gasteiger partial charge in [-0.2, -0.15) is 0 Å². The molecule has 0 aliphatic carbocycles. The topological polar surface area (TPSA) is 94.9 Å². The first kappa shape index (κ1) is 30.4. The predicted molar refractivity (Wildman–Crippen MR) is 178 cm³/mol. The van der Waals surface area contributed by atoms with Gasteiger partial charge in [0, 0.05) is 21.5 Å². The molecule has 0 saturated carbocycles. The zero-order valence-electron chi connectivity index (χ0n) is 25.3. The smallest absolute Gasteiger partial charge is 0.338 e. The lowest BCUT2D eigenvalue weighted by Gasteiger charge is -2.27. The molecule has 3 aromatic carbocycles. The van der Waals surface area contributed by atoms with Crippen LogP contribution >= 0.6 is 22.9 Å². The van der Waals surface area contributed by atoms with E-state index in [0.29, 0.717) is 49.1 Å². The molecular weight excluding hydrogens is 610 g/mol. The summed E-state index contributed by atoms with van der Waals surface area (Å²) in [5, 5.41) is 1.36. The summed E-state index contributed by atoms with van der Waals surface area (Å²) in [6.45, 7) is 3.95. The van der Waals surface area contributed by atoms with E-state index in [1.54, 1.807) is 43.9 Å². The number of esters is 1. The van der Waals surface area contributed by atoms with Gasteiger partial charge in [-0.3, -0.25) is 9.36 Å². The maximum absolute atomic E-state index is 14.5. The van der Waals surface area contributed by atoms with Crippen molar-refractivity contribution in [3.05, 3.63) is 114 Å². The van der Waals surface area contributed by atoms with E-state index in [9.17, 15) is 9.59 Å². The van der Waals surface area contributed by atoms with Crippen molar-refractivity contribution in [2.75, 3.05) is 20.8 Å². The highest BCUT2D eigenvalue weighted by molar-refractivity contribution is 7.07. The molecular formula is C35H32ClN3O5S. The molecule has 0 bridgehead atoms. The molecule has 1 aliphatic heterocycles. The Morgan fingerprint density at radius 1 is 1.04 bits per heavy atom. The van der Waals surface area contributed by atoms with Crippen molar-refractivity contribution in [1.29, 1.82) is 0 Å². The highest BCUT2D eigenvalue weighted by atomic mass is 35.5. The van der Waals surface area contributed by atoms with Crippen molar-refractivity contribution in [2.45, 2.75) is 32.7 Å². The molecule has 0 saturated heterocycles. The number of methoxy groups -OCH3 is 2. The average Bonchev–Trinajstić information content (AvgIpc) is 3.58. The maximum Gasteiger partial charge on any atom is 0.338 e. The van der Waals surface area contributed by atoms with Gasteiger partial charge in [-0.05, 0) is 49.2 Å². The molecule has 230 valence electrons. The number of para-hydroxylation sites is 1. The predicted octanol–water partition coefficient (Wildman–Crippen LogP) is 6.40. The zero-order chi connectivity index (χ0) is 31.7. The lowest BCUT2D eigenvalue weighted by atomic mass is 9.93. The molecule has 0 spiro atoms. The van der Waals surface area contributed by atoms with Crippen LogP contribution in [0.5, 0.6) is 11.5 Å². The largest absolute Gasteiger partial charge is 0.496 e. The third-order valence-corrected chi connectivity index (χ3v) is 8.99. The van der Waals surface area contributed by atoms with Gasteiger partial charge < -0.3 is 19.2 Å². The van der Waals surface area contributed by atoms with E-state index in [-0.39, 0.29) is 12.2 Å². The molecule has 45 heavy (non-hydrogen) atoms. The molecule has 0 amide bonds. The zero-order valence-corrected chi connectivity index (χ0v) is 26.9. The molecule has 1 aliphatic rings. The second kappa shape index (κ2) is 12.8. The first-order valence-corrected chi connectivity index (χ1v) is 15.9. The second-order valence-corrected chi connectivity index (χ2v) is 11.9. The number of fused-ring (bicyclic) bond motifs is 2. The van der Waals surface area contributed by atoms with E-state index in [1.807, 2.05) is 61.5 Å². The standard InChI is InChI=1S/C35H32ClN3O5S/c1-5-11-25-29(34(41)44-6-2)32(24-18-21(36)16-17-26(24)42-3)39-33(40)28(45-35(39)37-25)19-23-22-14-10-15-27(43-4)31(22)38-30(23)20-12-8-7-9-13-20/h7-10,12-19,32,38H,5-6,11H2,1-4H3/b28-19+/t32-/m1/s1. The summed E-state index contributed by atoms with van der Waals surface area (Å²) in [6, 6.07) is 20.1. The highest BCUT2D eigenvalue weighted by Crippen LogP contribution is 2.39. The van der Waals surface area contributed by atoms with Crippen molar-refractivity contribution >= 4 is 45.9 Å². The number of aromatic amines is 1. The molecule has 10 heteroatoms. The Labute approximate surface area is 268 Å². The van der Waals surface area contributed by atoms with Gasteiger partial charge in [0.1, 0.15) is 17.5 Å². The van der Waals surface area contributed by atoms with E-state index in [4.69, 9.17) is 30.8 Å². The summed E-state index contributed by atoms with van der Waals surface area (Å²) in [6.07, 6.45) is 3.16. The van der Waals surface area contributed by atoms with Gasteiger partial charge in [-0.1, -0.05) is 78.7 Å². The number of aromatic nitrogens is 2. The van der Waals surface area contributed by atoms with E-state index >= 15 is 0 Å². The van der Waals surface area contributed by atoms with E-state index < -0.39 is 12.0 Å². The number of nitrogens with zero attached hydrogens (tertiary/aromatic N) is 2. The molecule has 0 radical (unpaired) electrons. The number of hydrogen-bond acceptors (Lipinski definition) is 7. The Bertz CT molecular complexity index is 2130. The number of halogens is 1. The summed E-state index contributed by atoms with van der Waals surface area (Å²) >= 11 is 7.76. The van der Waals surface area contributed by atoms with Gasteiger partial charge in [-0.25, -0.2) is 9.79 Å². The van der Waals surface area contributed by atoms with Gasteiger partial charge >= 0.3 is 5.97 Å². The summed E-state index contributed by atoms with van der Waals surface area (Å²) in [5.74, 6) is 0.664. The van der Waals surface area contributed by atoms with Gasteiger partial charge in [0.05, 0.1) is 47.8 Å². The highest BCUT2D eigenvalue weighted by Gasteiger charge is 2.36. The normalized spacial score (nSPS) is 14.8. The van der Waals surface area contributed by atoms with Gasteiger partial charge in [0.25, 0.3) is 5.56 Å². The molecule has 8 nitrogen and oxygen atoms in total. The fraction of sp³-hybridized carbons (Fsp3) is 0.229. The van der Waals surface area contributed by atoms with Crippen LogP contribution in [0.25, 0.3) is 28.2 Å². The number of rotatable bonds is 9. The van der Waals surface area contributed by atoms with Crippen LogP contribution in [0.1, 0.15) is 43.9 Å². The second-order valence-electron chi connectivity index (χ2n) is 10.5. The minimum atomic E-state index is -0.852. The lowest BCUT2D eigenvalue weighted by molar-refractivity contribution is -0.139. The number of thiazole rings is 1. The average molecular weight is 642 g/mol. The number of hydrogen-bond donors (Lipinski definition) is 1. The molecule has 6 rings (SSSR count). The van der Waals surface area contributed by atoms with E-state index in [0.717, 1.165) is 34.1 Å². The Morgan fingerprint density at radius 3 is 2.53 bits per heavy atom. The molecule has 0 fully saturated rings. The van der Waals surface area contributed by atoms with E-state index in [1.165, 1.54) is 11.3 Å². The Balaban J connectivity index is 1.67. The van der Waals surface area contributed by atoms with Crippen molar-refractivity contribution in [2.24, 2.45) is 4.99 Å². The first-order valence-electron chi connectivity index (χ1n) is 14.7. The van der Waals surface area contributed by atoms with Crippen molar-refractivity contribution in [1.82, 2.24) is 9.55 Å². The first-order chi connectivity index (χ1) is 21.9. The van der Waals surface area contributed by atoms with Crippen molar-refractivity contribution < 1.29 is 19.0 Å². The summed E-state index contributed by atoms with van der Waals surface area (Å²) < 4.78 is 18.9. The number of carbonyl (C=O) groups is 1. The van der Waals surface area contributed by atoms with Gasteiger partial charge in [0.2, 0.25) is 0 Å². The number of H-pyrrole nitrogens is 1. The molecule has 0 unspecified atom stereocenters. The van der Waals surface area contributed by atoms with Crippen LogP contribution < -0.4 is 24.4 Å². The van der Waals surface area contributed by atoms with Gasteiger partial charge in [0.15, 0.2) is 4.80 Å². The van der Waals surface area contributed by atoms with Crippen LogP contribution in [-0.2, 0) is 9.53 Å². The fourth-order valence-corrected chi connectivity index (χ4v) is 7.01. The van der Waals surface area contributed by atoms with Crippen LogP contribution in [0.3, 0.4) is 0 Å². The Hall–Kier alpha value is -4.60. The van der Waals surface area contributed by atoms with Gasteiger partial charge in [-0.15, -0.1) is 0 Å². The third kappa shape index (κ3) is 5.47. The number of allylic oxidation sites excluding steroid dienone is 1. The SMILES string of the molecule is CCCC1=C(C(=O)OCC)[C@@H](c2cc(Cl)ccc2OC)n2c(s/c(=C/c3c(-c4ccccc4)[nH]c4c(OC)cccc34)c2=O)=N1. The van der Waals surface area contributed by atoms with Crippen molar-refractivity contribution in [3.8, 4) is 22.8 Å². The Kier molecular flexibility index (Phi) is 8.65. The molecule has 3 heterocycles. The minimum absolute atomic E-state index is 0.178. The van der Waals surface area contributed by atoms with Crippen LogP contribution in [0.15, 0.2) is 87.8 Å². The molecule has 1 N–H and O–H groups in total. The molecule has 5 aromatic rings. The molecule has 2 aromatic heterocycles. The minimum Gasteiger partial charge on any atom is -0.496 e. The number of benzene rings is 3. The van der Waals surface area contributed by atoms with Crippen LogP contribution in [0, 0.1) is 0 Å². The third-order valence-electron chi connectivity index (χ3n) is 7.77. The van der Waals surface area contributed by atoms with E-state index in [2.05, 4.69) is 4.98 Å². The lowest BCUT2D eigenvalue weighted by Crippen LogP contribution is -2.40.